The number of ether oxygens (including phenoxy) is 2. The first kappa shape index (κ1) is 14.1. The number of carbonyl (C=O) groups is 1. The third-order valence-electron chi connectivity index (χ3n) is 3.69. The van der Waals surface area contributed by atoms with Crippen molar-refractivity contribution in [1.29, 1.82) is 0 Å². The van der Waals surface area contributed by atoms with Crippen LogP contribution in [0.4, 0.5) is 0 Å². The van der Waals surface area contributed by atoms with Crippen LogP contribution in [-0.4, -0.2) is 25.3 Å². The molecule has 1 aliphatic rings. The van der Waals surface area contributed by atoms with E-state index in [1.165, 1.54) is 0 Å². The molecule has 0 amide bonds. The molecule has 1 fully saturated rings. The second kappa shape index (κ2) is 6.20. The van der Waals surface area contributed by atoms with E-state index >= 15 is 0 Å². The zero-order valence-corrected chi connectivity index (χ0v) is 11.7. The van der Waals surface area contributed by atoms with Crippen molar-refractivity contribution in [3.8, 4) is 0 Å². The lowest BCUT2D eigenvalue weighted by Crippen LogP contribution is -2.44. The lowest BCUT2D eigenvalue weighted by Gasteiger charge is -2.39. The van der Waals surface area contributed by atoms with Crippen LogP contribution in [0.3, 0.4) is 0 Å². The maximum absolute atomic E-state index is 12.3. The van der Waals surface area contributed by atoms with Gasteiger partial charge in [0, 0.05) is 0 Å². The Labute approximate surface area is 114 Å². The van der Waals surface area contributed by atoms with Crippen molar-refractivity contribution in [2.24, 2.45) is 0 Å². The highest BCUT2D eigenvalue weighted by Gasteiger charge is 2.46. The van der Waals surface area contributed by atoms with Gasteiger partial charge in [0.2, 0.25) is 0 Å². The van der Waals surface area contributed by atoms with Gasteiger partial charge in [-0.15, -0.1) is 0 Å². The van der Waals surface area contributed by atoms with Crippen LogP contribution < -0.4 is 0 Å². The molecular formula is C16H22O3. The molecule has 0 heterocycles. The van der Waals surface area contributed by atoms with Crippen LogP contribution in [0.1, 0.15) is 38.7 Å². The predicted molar refractivity (Wildman–Crippen MR) is 74.0 cm³/mol. The van der Waals surface area contributed by atoms with Gasteiger partial charge < -0.3 is 9.47 Å². The van der Waals surface area contributed by atoms with Gasteiger partial charge in [-0.25, -0.2) is 0 Å². The third-order valence-corrected chi connectivity index (χ3v) is 3.69. The van der Waals surface area contributed by atoms with Crippen molar-refractivity contribution in [2.45, 2.75) is 44.6 Å². The molecule has 3 nitrogen and oxygen atoms in total. The van der Waals surface area contributed by atoms with Crippen LogP contribution in [-0.2, 0) is 19.7 Å². The average Bonchev–Trinajstić information content (AvgIpc) is 2.34. The van der Waals surface area contributed by atoms with Crippen LogP contribution in [0.15, 0.2) is 30.3 Å². The Morgan fingerprint density at radius 2 is 1.89 bits per heavy atom. The van der Waals surface area contributed by atoms with Crippen molar-refractivity contribution in [2.75, 3.05) is 13.2 Å². The fourth-order valence-corrected chi connectivity index (χ4v) is 2.45. The zero-order valence-electron chi connectivity index (χ0n) is 11.7. The van der Waals surface area contributed by atoms with E-state index in [0.29, 0.717) is 13.2 Å². The molecule has 0 atom stereocenters. The summed E-state index contributed by atoms with van der Waals surface area (Å²) in [6.45, 7) is 4.75. The molecule has 0 aromatic heterocycles. The lowest BCUT2D eigenvalue weighted by atomic mass is 9.64. The van der Waals surface area contributed by atoms with E-state index in [4.69, 9.17) is 9.47 Å². The number of rotatable bonds is 6. The molecule has 0 unspecified atom stereocenters. The Kier molecular flexibility index (Phi) is 4.59. The molecule has 1 aromatic rings. The van der Waals surface area contributed by atoms with E-state index in [9.17, 15) is 4.79 Å². The Hall–Kier alpha value is -1.35. The van der Waals surface area contributed by atoms with Crippen LogP contribution in [0, 0.1) is 0 Å². The van der Waals surface area contributed by atoms with Crippen LogP contribution in [0.5, 0.6) is 0 Å². The highest BCUT2D eigenvalue weighted by atomic mass is 16.6. The molecule has 0 spiro atoms. The molecule has 1 aromatic carbocycles. The number of hydrogen-bond donors (Lipinski definition) is 0. The summed E-state index contributed by atoms with van der Waals surface area (Å²) in [7, 11) is 0. The SMILES string of the molecule is CC(C)OCCOC(=O)C1(c2ccccc2)CCC1. The fourth-order valence-electron chi connectivity index (χ4n) is 2.45. The van der Waals surface area contributed by atoms with Crippen molar-refractivity contribution in [3.63, 3.8) is 0 Å². The van der Waals surface area contributed by atoms with Crippen molar-refractivity contribution in [3.05, 3.63) is 35.9 Å². The fraction of sp³-hybridized carbons (Fsp3) is 0.562. The first-order valence-corrected chi connectivity index (χ1v) is 6.99. The Balaban J connectivity index is 1.93. The Bertz CT molecular complexity index is 407. The normalized spacial score (nSPS) is 17.0. The van der Waals surface area contributed by atoms with Gasteiger partial charge in [0.1, 0.15) is 6.61 Å². The Morgan fingerprint density at radius 3 is 2.42 bits per heavy atom. The van der Waals surface area contributed by atoms with E-state index in [0.717, 1.165) is 24.8 Å². The summed E-state index contributed by atoms with van der Waals surface area (Å²) in [5.41, 5.74) is 0.676. The van der Waals surface area contributed by atoms with E-state index in [1.807, 2.05) is 44.2 Å². The van der Waals surface area contributed by atoms with E-state index in [1.54, 1.807) is 0 Å². The monoisotopic (exact) mass is 262 g/mol. The van der Waals surface area contributed by atoms with Gasteiger partial charge in [-0.2, -0.15) is 0 Å². The molecule has 0 aliphatic heterocycles. The molecule has 0 bridgehead atoms. The molecule has 2 rings (SSSR count). The number of esters is 1. The molecule has 1 saturated carbocycles. The van der Waals surface area contributed by atoms with Gasteiger partial charge >= 0.3 is 5.97 Å². The minimum atomic E-state index is -0.404. The first-order valence-electron chi connectivity index (χ1n) is 6.99. The first-order chi connectivity index (χ1) is 9.15. The molecule has 1 aliphatic carbocycles. The van der Waals surface area contributed by atoms with Gasteiger partial charge in [0.05, 0.1) is 18.1 Å². The number of hydrogen-bond acceptors (Lipinski definition) is 3. The molecule has 19 heavy (non-hydrogen) atoms. The summed E-state index contributed by atoms with van der Waals surface area (Å²) in [6, 6.07) is 9.96. The van der Waals surface area contributed by atoms with E-state index in [2.05, 4.69) is 0 Å². The van der Waals surface area contributed by atoms with Crippen LogP contribution in [0.25, 0.3) is 0 Å². The van der Waals surface area contributed by atoms with Crippen molar-refractivity contribution in [1.82, 2.24) is 0 Å². The largest absolute Gasteiger partial charge is 0.463 e. The molecule has 0 radical (unpaired) electrons. The zero-order chi connectivity index (χ0) is 13.7. The summed E-state index contributed by atoms with van der Waals surface area (Å²) in [4.78, 5) is 12.3. The molecular weight excluding hydrogens is 240 g/mol. The van der Waals surface area contributed by atoms with Gasteiger partial charge in [-0.3, -0.25) is 4.79 Å². The standard InChI is InChI=1S/C16H22O3/c1-13(2)18-11-12-19-15(17)16(9-6-10-16)14-7-4-3-5-8-14/h3-5,7-8,13H,6,9-12H2,1-2H3. The van der Waals surface area contributed by atoms with E-state index in [-0.39, 0.29) is 12.1 Å². The smallest absolute Gasteiger partial charge is 0.316 e. The maximum Gasteiger partial charge on any atom is 0.316 e. The third kappa shape index (κ3) is 3.16. The topological polar surface area (TPSA) is 35.5 Å². The summed E-state index contributed by atoms with van der Waals surface area (Å²) in [5, 5.41) is 0. The van der Waals surface area contributed by atoms with E-state index < -0.39 is 5.41 Å². The highest BCUT2D eigenvalue weighted by molar-refractivity contribution is 5.84. The van der Waals surface area contributed by atoms with Gasteiger partial charge in [-0.05, 0) is 32.3 Å². The highest BCUT2D eigenvalue weighted by Crippen LogP contribution is 2.44. The minimum absolute atomic E-state index is 0.0997. The number of carbonyl (C=O) groups excluding carboxylic acids is 1. The van der Waals surface area contributed by atoms with Gasteiger partial charge in [-0.1, -0.05) is 36.8 Å². The number of benzene rings is 1. The van der Waals surface area contributed by atoms with Gasteiger partial charge in [0.25, 0.3) is 0 Å². The summed E-state index contributed by atoms with van der Waals surface area (Å²) in [5.74, 6) is -0.0997. The summed E-state index contributed by atoms with van der Waals surface area (Å²) >= 11 is 0. The lowest BCUT2D eigenvalue weighted by molar-refractivity contribution is -0.156. The molecule has 3 heteroatoms. The van der Waals surface area contributed by atoms with Crippen LogP contribution in [0.2, 0.25) is 0 Å². The second-order valence-corrected chi connectivity index (χ2v) is 5.36. The van der Waals surface area contributed by atoms with Crippen molar-refractivity contribution < 1.29 is 14.3 Å². The summed E-state index contributed by atoms with van der Waals surface area (Å²) in [6.07, 6.45) is 3.04. The Morgan fingerprint density at radius 1 is 1.21 bits per heavy atom. The maximum atomic E-state index is 12.3. The second-order valence-electron chi connectivity index (χ2n) is 5.36. The average molecular weight is 262 g/mol. The molecule has 104 valence electrons. The molecule has 0 saturated heterocycles. The minimum Gasteiger partial charge on any atom is -0.463 e. The van der Waals surface area contributed by atoms with Crippen LogP contribution >= 0.6 is 0 Å². The van der Waals surface area contributed by atoms with Crippen molar-refractivity contribution >= 4 is 5.97 Å². The van der Waals surface area contributed by atoms with Gasteiger partial charge in [0.15, 0.2) is 0 Å². The molecule has 0 N–H and O–H groups in total. The predicted octanol–water partition coefficient (Wildman–Crippen LogP) is 3.08. The summed E-state index contributed by atoms with van der Waals surface area (Å²) < 4.78 is 10.8. The quantitative estimate of drug-likeness (QED) is 0.584.